The van der Waals surface area contributed by atoms with Gasteiger partial charge in [0, 0.05) is 6.54 Å². The molecule has 1 rings (SSSR count). The van der Waals surface area contributed by atoms with Gasteiger partial charge in [-0.2, -0.15) is 5.10 Å². The quantitative estimate of drug-likeness (QED) is 0.648. The highest BCUT2D eigenvalue weighted by molar-refractivity contribution is 6.16. The Morgan fingerprint density at radius 2 is 2.40 bits per heavy atom. The van der Waals surface area contributed by atoms with Gasteiger partial charge in [0.15, 0.2) is 0 Å². The Bertz CT molecular complexity index is 168. The topological polar surface area (TPSA) is 30.7 Å². The molecule has 0 aromatic carbocycles. The average Bonchev–Trinajstić information content (AvgIpc) is 2.33. The van der Waals surface area contributed by atoms with E-state index in [9.17, 15) is 0 Å². The Labute approximate surface area is 70.8 Å². The van der Waals surface area contributed by atoms with Crippen LogP contribution in [0.3, 0.4) is 0 Å². The standard InChI is InChI=1S/C5H8ClN3.ClH/c1-2-9-5(3-6)7-4-8-9;/h4H,2-3H2,1H3;1H. The van der Waals surface area contributed by atoms with E-state index in [1.807, 2.05) is 6.92 Å². The molecule has 0 radical (unpaired) electrons. The van der Waals surface area contributed by atoms with Crippen LogP contribution in [-0.4, -0.2) is 14.8 Å². The number of nitrogens with zero attached hydrogens (tertiary/aromatic N) is 3. The second kappa shape index (κ2) is 4.52. The van der Waals surface area contributed by atoms with Crippen LogP contribution in [0.4, 0.5) is 0 Å². The number of halogens is 2. The summed E-state index contributed by atoms with van der Waals surface area (Å²) >= 11 is 5.53. The molecule has 0 aliphatic heterocycles. The van der Waals surface area contributed by atoms with Gasteiger partial charge in [-0.05, 0) is 6.92 Å². The molecule has 0 aliphatic rings. The van der Waals surface area contributed by atoms with Crippen LogP contribution in [-0.2, 0) is 12.4 Å². The summed E-state index contributed by atoms with van der Waals surface area (Å²) in [6.07, 6.45) is 1.52. The van der Waals surface area contributed by atoms with Gasteiger partial charge in [0.05, 0.1) is 5.88 Å². The lowest BCUT2D eigenvalue weighted by Gasteiger charge is -1.95. The van der Waals surface area contributed by atoms with E-state index in [0.29, 0.717) is 5.88 Å². The van der Waals surface area contributed by atoms with Crippen molar-refractivity contribution in [2.75, 3.05) is 0 Å². The molecule has 0 saturated carbocycles. The van der Waals surface area contributed by atoms with Gasteiger partial charge in [0.25, 0.3) is 0 Å². The lowest BCUT2D eigenvalue weighted by molar-refractivity contribution is 0.632. The molecule has 0 fully saturated rings. The molecule has 0 atom stereocenters. The molecule has 0 amide bonds. The van der Waals surface area contributed by atoms with Gasteiger partial charge in [-0.15, -0.1) is 24.0 Å². The fourth-order valence-corrected chi connectivity index (χ4v) is 0.863. The molecule has 0 bridgehead atoms. The molecule has 1 aromatic heterocycles. The largest absolute Gasteiger partial charge is 0.249 e. The first kappa shape index (κ1) is 9.72. The predicted octanol–water partition coefficient (Wildman–Crippen LogP) is 1.46. The Balaban J connectivity index is 0.000000810. The van der Waals surface area contributed by atoms with Crippen molar-refractivity contribution in [1.29, 1.82) is 0 Å². The monoisotopic (exact) mass is 181 g/mol. The molecule has 1 heterocycles. The summed E-state index contributed by atoms with van der Waals surface area (Å²) in [7, 11) is 0. The summed E-state index contributed by atoms with van der Waals surface area (Å²) in [5.41, 5.74) is 0. The third kappa shape index (κ3) is 1.85. The Morgan fingerprint density at radius 1 is 1.70 bits per heavy atom. The molecule has 1 aromatic rings. The first-order chi connectivity index (χ1) is 4.38. The Kier molecular flexibility index (Phi) is 4.40. The third-order valence-electron chi connectivity index (χ3n) is 1.11. The minimum Gasteiger partial charge on any atom is -0.249 e. The normalized spacial score (nSPS) is 9.00. The van der Waals surface area contributed by atoms with Crippen molar-refractivity contribution < 1.29 is 0 Å². The van der Waals surface area contributed by atoms with Crippen LogP contribution in [0.5, 0.6) is 0 Å². The van der Waals surface area contributed by atoms with Crippen LogP contribution in [0, 0.1) is 0 Å². The van der Waals surface area contributed by atoms with Crippen LogP contribution >= 0.6 is 24.0 Å². The van der Waals surface area contributed by atoms with Gasteiger partial charge >= 0.3 is 0 Å². The highest BCUT2D eigenvalue weighted by atomic mass is 35.5. The van der Waals surface area contributed by atoms with E-state index in [2.05, 4.69) is 10.1 Å². The van der Waals surface area contributed by atoms with E-state index in [4.69, 9.17) is 11.6 Å². The average molecular weight is 182 g/mol. The van der Waals surface area contributed by atoms with E-state index >= 15 is 0 Å². The van der Waals surface area contributed by atoms with E-state index in [1.54, 1.807) is 4.68 Å². The van der Waals surface area contributed by atoms with Crippen molar-refractivity contribution in [2.45, 2.75) is 19.3 Å². The molecule has 0 aliphatic carbocycles. The summed E-state index contributed by atoms with van der Waals surface area (Å²) in [5.74, 6) is 1.27. The Hall–Kier alpha value is -0.280. The SMILES string of the molecule is CCn1ncnc1CCl.Cl. The van der Waals surface area contributed by atoms with Gasteiger partial charge in [0.2, 0.25) is 0 Å². The lowest BCUT2D eigenvalue weighted by atomic mass is 10.6. The Morgan fingerprint density at radius 3 is 2.80 bits per heavy atom. The van der Waals surface area contributed by atoms with E-state index in [0.717, 1.165) is 12.4 Å². The number of hydrogen-bond acceptors (Lipinski definition) is 2. The molecule has 0 unspecified atom stereocenters. The molecule has 10 heavy (non-hydrogen) atoms. The van der Waals surface area contributed by atoms with Gasteiger partial charge in [-0.25, -0.2) is 9.67 Å². The molecule has 0 spiro atoms. The molecule has 0 N–H and O–H groups in total. The third-order valence-corrected chi connectivity index (χ3v) is 1.35. The molecular formula is C5H9Cl2N3. The smallest absolute Gasteiger partial charge is 0.141 e. The van der Waals surface area contributed by atoms with E-state index in [1.165, 1.54) is 6.33 Å². The van der Waals surface area contributed by atoms with Gasteiger partial charge in [-0.1, -0.05) is 0 Å². The zero-order chi connectivity index (χ0) is 6.69. The first-order valence-electron chi connectivity index (χ1n) is 2.81. The summed E-state index contributed by atoms with van der Waals surface area (Å²) in [4.78, 5) is 3.93. The molecule has 5 heteroatoms. The summed E-state index contributed by atoms with van der Waals surface area (Å²) in [5, 5.41) is 3.93. The van der Waals surface area contributed by atoms with Crippen LogP contribution in [0.15, 0.2) is 6.33 Å². The predicted molar refractivity (Wildman–Crippen MR) is 42.5 cm³/mol. The van der Waals surface area contributed by atoms with E-state index in [-0.39, 0.29) is 12.4 Å². The van der Waals surface area contributed by atoms with Crippen LogP contribution in [0.2, 0.25) is 0 Å². The number of aromatic nitrogens is 3. The maximum absolute atomic E-state index is 5.53. The van der Waals surface area contributed by atoms with Gasteiger partial charge in [-0.3, -0.25) is 0 Å². The number of alkyl halides is 1. The van der Waals surface area contributed by atoms with Crippen LogP contribution in [0.1, 0.15) is 12.7 Å². The zero-order valence-corrected chi connectivity index (χ0v) is 7.19. The molecular weight excluding hydrogens is 173 g/mol. The lowest BCUT2D eigenvalue weighted by Crippen LogP contribution is -2.00. The van der Waals surface area contributed by atoms with E-state index < -0.39 is 0 Å². The second-order valence-electron chi connectivity index (χ2n) is 1.63. The van der Waals surface area contributed by atoms with Crippen molar-refractivity contribution in [1.82, 2.24) is 14.8 Å². The highest BCUT2D eigenvalue weighted by Gasteiger charge is 1.97. The number of rotatable bonds is 2. The van der Waals surface area contributed by atoms with Crippen molar-refractivity contribution >= 4 is 24.0 Å². The van der Waals surface area contributed by atoms with Crippen LogP contribution < -0.4 is 0 Å². The summed E-state index contributed by atoms with van der Waals surface area (Å²) in [6, 6.07) is 0. The van der Waals surface area contributed by atoms with Gasteiger partial charge < -0.3 is 0 Å². The molecule has 58 valence electrons. The minimum atomic E-state index is 0. The maximum atomic E-state index is 5.53. The van der Waals surface area contributed by atoms with Gasteiger partial charge in [0.1, 0.15) is 12.2 Å². The van der Waals surface area contributed by atoms with Crippen molar-refractivity contribution in [3.05, 3.63) is 12.2 Å². The summed E-state index contributed by atoms with van der Waals surface area (Å²) in [6.45, 7) is 2.84. The fourth-order valence-electron chi connectivity index (χ4n) is 0.656. The molecule has 0 saturated heterocycles. The maximum Gasteiger partial charge on any atom is 0.141 e. The minimum absolute atomic E-state index is 0. The number of aryl methyl sites for hydroxylation is 1. The first-order valence-corrected chi connectivity index (χ1v) is 3.34. The zero-order valence-electron chi connectivity index (χ0n) is 5.62. The summed E-state index contributed by atoms with van der Waals surface area (Å²) < 4.78 is 1.77. The number of hydrogen-bond donors (Lipinski definition) is 0. The van der Waals surface area contributed by atoms with Crippen molar-refractivity contribution in [2.24, 2.45) is 0 Å². The highest BCUT2D eigenvalue weighted by Crippen LogP contribution is 1.96. The van der Waals surface area contributed by atoms with Crippen molar-refractivity contribution in [3.8, 4) is 0 Å². The van der Waals surface area contributed by atoms with Crippen molar-refractivity contribution in [3.63, 3.8) is 0 Å². The molecule has 3 nitrogen and oxygen atoms in total. The fraction of sp³-hybridized carbons (Fsp3) is 0.600. The second-order valence-corrected chi connectivity index (χ2v) is 1.89. The van der Waals surface area contributed by atoms with Crippen LogP contribution in [0.25, 0.3) is 0 Å².